The zero-order chi connectivity index (χ0) is 11.4. The molecule has 1 heterocycles. The van der Waals surface area contributed by atoms with Crippen molar-refractivity contribution in [3.05, 3.63) is 0 Å². The number of carbonyl (C=O) groups excluding carboxylic acids is 1. The van der Waals surface area contributed by atoms with E-state index in [1.165, 1.54) is 0 Å². The number of carbonyl (C=O) groups is 1. The molecule has 1 saturated carbocycles. The largest absolute Gasteiger partial charge is 0.382 e. The van der Waals surface area contributed by atoms with Gasteiger partial charge in [0.25, 0.3) is 0 Å². The van der Waals surface area contributed by atoms with E-state index in [4.69, 9.17) is 9.47 Å². The molecule has 4 nitrogen and oxygen atoms in total. The first-order valence-corrected chi connectivity index (χ1v) is 6.20. The van der Waals surface area contributed by atoms with Crippen LogP contribution in [0.4, 0.5) is 0 Å². The van der Waals surface area contributed by atoms with E-state index in [0.29, 0.717) is 25.0 Å². The molecule has 0 aromatic rings. The fraction of sp³-hybridized carbons (Fsp3) is 0.917. The Morgan fingerprint density at radius 3 is 2.81 bits per heavy atom. The van der Waals surface area contributed by atoms with Gasteiger partial charge in [-0.15, -0.1) is 0 Å². The van der Waals surface area contributed by atoms with Crippen molar-refractivity contribution in [2.24, 2.45) is 5.92 Å². The highest BCUT2D eigenvalue weighted by atomic mass is 16.5. The van der Waals surface area contributed by atoms with Gasteiger partial charge in [-0.25, -0.2) is 0 Å². The van der Waals surface area contributed by atoms with Crippen LogP contribution in [-0.2, 0) is 14.3 Å². The second-order valence-electron chi connectivity index (χ2n) is 4.69. The maximum atomic E-state index is 11.9. The summed E-state index contributed by atoms with van der Waals surface area (Å²) in [5.41, 5.74) is 0. The highest BCUT2D eigenvalue weighted by molar-refractivity contribution is 5.81. The van der Waals surface area contributed by atoms with Gasteiger partial charge in [0.05, 0.1) is 19.3 Å². The zero-order valence-corrected chi connectivity index (χ0v) is 9.98. The van der Waals surface area contributed by atoms with E-state index in [2.05, 4.69) is 0 Å². The molecule has 0 radical (unpaired) electrons. The van der Waals surface area contributed by atoms with Crippen LogP contribution in [-0.4, -0.2) is 50.3 Å². The lowest BCUT2D eigenvalue weighted by molar-refractivity contribution is -0.137. The number of rotatable bonds is 5. The average Bonchev–Trinajstić information content (AvgIpc) is 3.13. The summed E-state index contributed by atoms with van der Waals surface area (Å²) in [5, 5.41) is 0. The molecule has 0 aromatic heterocycles. The van der Waals surface area contributed by atoms with E-state index < -0.39 is 0 Å². The van der Waals surface area contributed by atoms with E-state index in [0.717, 1.165) is 38.8 Å². The van der Waals surface area contributed by atoms with Crippen LogP contribution < -0.4 is 0 Å². The highest BCUT2D eigenvalue weighted by Crippen LogP contribution is 2.32. The molecule has 2 aliphatic rings. The Balaban J connectivity index is 1.72. The minimum Gasteiger partial charge on any atom is -0.382 e. The topological polar surface area (TPSA) is 38.8 Å². The molecule has 2 rings (SSSR count). The number of hydrogen-bond acceptors (Lipinski definition) is 3. The first-order chi connectivity index (χ1) is 7.81. The number of ether oxygens (including phenoxy) is 2. The second kappa shape index (κ2) is 5.64. The van der Waals surface area contributed by atoms with E-state index in [-0.39, 0.29) is 6.10 Å². The number of nitrogens with zero attached hydrogens (tertiary/aromatic N) is 1. The standard InChI is InChI=1S/C12H21NO3/c1-15-7-8-16-11-3-2-6-13(9-11)12(14)10-4-5-10/h10-11H,2-9H2,1H3. The molecular formula is C12H21NO3. The molecule has 1 amide bonds. The minimum absolute atomic E-state index is 0.214. The van der Waals surface area contributed by atoms with Gasteiger partial charge in [0.15, 0.2) is 0 Å². The van der Waals surface area contributed by atoms with E-state index in [1.807, 2.05) is 4.90 Å². The molecule has 1 aliphatic heterocycles. The van der Waals surface area contributed by atoms with Crippen molar-refractivity contribution in [2.75, 3.05) is 33.4 Å². The Morgan fingerprint density at radius 1 is 1.31 bits per heavy atom. The van der Waals surface area contributed by atoms with E-state index in [1.54, 1.807) is 7.11 Å². The van der Waals surface area contributed by atoms with Crippen LogP contribution in [0.2, 0.25) is 0 Å². The van der Waals surface area contributed by atoms with Crippen LogP contribution >= 0.6 is 0 Å². The fourth-order valence-electron chi connectivity index (χ4n) is 2.16. The predicted molar refractivity (Wildman–Crippen MR) is 60.2 cm³/mol. The summed E-state index contributed by atoms with van der Waals surface area (Å²) >= 11 is 0. The maximum Gasteiger partial charge on any atom is 0.225 e. The number of amides is 1. The molecule has 0 N–H and O–H groups in total. The number of piperidine rings is 1. The lowest BCUT2D eigenvalue weighted by atomic mass is 10.1. The summed E-state index contributed by atoms with van der Waals surface area (Å²) in [5.74, 6) is 0.678. The van der Waals surface area contributed by atoms with Crippen molar-refractivity contribution >= 4 is 5.91 Å². The van der Waals surface area contributed by atoms with Gasteiger partial charge in [0.1, 0.15) is 0 Å². The van der Waals surface area contributed by atoms with Crippen molar-refractivity contribution in [3.63, 3.8) is 0 Å². The van der Waals surface area contributed by atoms with Gasteiger partial charge in [0, 0.05) is 26.1 Å². The summed E-state index contributed by atoms with van der Waals surface area (Å²) in [7, 11) is 1.67. The molecule has 92 valence electrons. The SMILES string of the molecule is COCCOC1CCCN(C(=O)C2CC2)C1. The summed E-state index contributed by atoms with van der Waals surface area (Å²) in [6, 6.07) is 0. The molecular weight excluding hydrogens is 206 g/mol. The minimum atomic E-state index is 0.214. The van der Waals surface area contributed by atoms with E-state index in [9.17, 15) is 4.79 Å². The third-order valence-electron chi connectivity index (χ3n) is 3.26. The molecule has 0 bridgehead atoms. The Hall–Kier alpha value is -0.610. The van der Waals surface area contributed by atoms with E-state index >= 15 is 0 Å². The van der Waals surface area contributed by atoms with Crippen LogP contribution in [0.25, 0.3) is 0 Å². The normalized spacial score (nSPS) is 25.8. The zero-order valence-electron chi connectivity index (χ0n) is 9.98. The van der Waals surface area contributed by atoms with Gasteiger partial charge in [-0.2, -0.15) is 0 Å². The summed E-state index contributed by atoms with van der Waals surface area (Å²) in [6.07, 6.45) is 4.52. The van der Waals surface area contributed by atoms with Crippen molar-refractivity contribution < 1.29 is 14.3 Å². The Bertz CT molecular complexity index is 240. The summed E-state index contributed by atoms with van der Waals surface area (Å²) < 4.78 is 10.6. The average molecular weight is 227 g/mol. The smallest absolute Gasteiger partial charge is 0.225 e. The molecule has 1 saturated heterocycles. The number of methoxy groups -OCH3 is 1. The number of hydrogen-bond donors (Lipinski definition) is 0. The van der Waals surface area contributed by atoms with Crippen molar-refractivity contribution in [2.45, 2.75) is 31.8 Å². The van der Waals surface area contributed by atoms with Gasteiger partial charge in [0.2, 0.25) is 5.91 Å². The molecule has 4 heteroatoms. The van der Waals surface area contributed by atoms with Gasteiger partial charge in [-0.05, 0) is 25.7 Å². The molecule has 2 fully saturated rings. The van der Waals surface area contributed by atoms with Crippen molar-refractivity contribution in [3.8, 4) is 0 Å². The van der Waals surface area contributed by atoms with Crippen molar-refractivity contribution in [1.82, 2.24) is 4.90 Å². The Kier molecular flexibility index (Phi) is 4.18. The maximum absolute atomic E-state index is 11.9. The quantitative estimate of drug-likeness (QED) is 0.659. The lowest BCUT2D eigenvalue weighted by Gasteiger charge is -2.32. The van der Waals surface area contributed by atoms with Crippen molar-refractivity contribution in [1.29, 1.82) is 0 Å². The molecule has 0 aromatic carbocycles. The molecule has 1 unspecified atom stereocenters. The molecule has 16 heavy (non-hydrogen) atoms. The van der Waals surface area contributed by atoms with Crippen LogP contribution in [0.3, 0.4) is 0 Å². The Morgan fingerprint density at radius 2 is 2.12 bits per heavy atom. The molecule has 1 atom stereocenters. The van der Waals surface area contributed by atoms with Gasteiger partial charge in [-0.3, -0.25) is 4.79 Å². The van der Waals surface area contributed by atoms with Gasteiger partial charge in [-0.1, -0.05) is 0 Å². The van der Waals surface area contributed by atoms with Crippen LogP contribution in [0.15, 0.2) is 0 Å². The third kappa shape index (κ3) is 3.19. The van der Waals surface area contributed by atoms with Gasteiger partial charge >= 0.3 is 0 Å². The summed E-state index contributed by atoms with van der Waals surface area (Å²) in [6.45, 7) is 2.96. The molecule has 0 spiro atoms. The Labute approximate surface area is 96.9 Å². The summed E-state index contributed by atoms with van der Waals surface area (Å²) in [4.78, 5) is 13.9. The molecule has 1 aliphatic carbocycles. The van der Waals surface area contributed by atoms with Crippen LogP contribution in [0.5, 0.6) is 0 Å². The first kappa shape index (κ1) is 11.9. The highest BCUT2D eigenvalue weighted by Gasteiger charge is 2.35. The lowest BCUT2D eigenvalue weighted by Crippen LogP contribution is -2.44. The van der Waals surface area contributed by atoms with Crippen LogP contribution in [0.1, 0.15) is 25.7 Å². The third-order valence-corrected chi connectivity index (χ3v) is 3.26. The van der Waals surface area contributed by atoms with Crippen LogP contribution in [0, 0.1) is 5.92 Å². The predicted octanol–water partition coefficient (Wildman–Crippen LogP) is 1.05. The second-order valence-corrected chi connectivity index (χ2v) is 4.69. The number of likely N-dealkylation sites (tertiary alicyclic amines) is 1. The monoisotopic (exact) mass is 227 g/mol. The van der Waals surface area contributed by atoms with Gasteiger partial charge < -0.3 is 14.4 Å². The first-order valence-electron chi connectivity index (χ1n) is 6.20. The fourth-order valence-corrected chi connectivity index (χ4v) is 2.16.